The second-order valence-corrected chi connectivity index (χ2v) is 4.61. The zero-order chi connectivity index (χ0) is 11.5. The normalized spacial score (nSPS) is 11.7. The van der Waals surface area contributed by atoms with Crippen molar-refractivity contribution in [2.75, 3.05) is 18.6 Å². The zero-order valence-corrected chi connectivity index (χ0v) is 10.5. The SMILES string of the molecule is COC(=O)CCSC/C=C/C=C/C(C)C. The van der Waals surface area contributed by atoms with Gasteiger partial charge in [0.25, 0.3) is 0 Å². The van der Waals surface area contributed by atoms with E-state index in [-0.39, 0.29) is 5.97 Å². The summed E-state index contributed by atoms with van der Waals surface area (Å²) in [4.78, 5) is 10.8. The molecule has 3 heteroatoms. The minimum atomic E-state index is -0.133. The van der Waals surface area contributed by atoms with Crippen molar-refractivity contribution in [3.05, 3.63) is 24.3 Å². The molecule has 0 aromatic rings. The second kappa shape index (κ2) is 9.84. The van der Waals surface area contributed by atoms with Gasteiger partial charge in [-0.25, -0.2) is 0 Å². The third-order valence-electron chi connectivity index (χ3n) is 1.64. The second-order valence-electron chi connectivity index (χ2n) is 3.46. The van der Waals surface area contributed by atoms with Gasteiger partial charge in [0.1, 0.15) is 0 Å². The first kappa shape index (κ1) is 14.3. The molecule has 0 atom stereocenters. The zero-order valence-electron chi connectivity index (χ0n) is 9.73. The molecule has 0 fully saturated rings. The van der Waals surface area contributed by atoms with Crippen molar-refractivity contribution in [1.29, 1.82) is 0 Å². The molecule has 0 saturated heterocycles. The van der Waals surface area contributed by atoms with Gasteiger partial charge in [0.2, 0.25) is 0 Å². The standard InChI is InChI=1S/C12H20O2S/c1-11(2)7-5-4-6-9-15-10-8-12(13)14-3/h4-7,11H,8-10H2,1-3H3/b6-4+,7-5+. The van der Waals surface area contributed by atoms with Crippen LogP contribution in [0.15, 0.2) is 24.3 Å². The molecule has 0 radical (unpaired) electrons. The van der Waals surface area contributed by atoms with Crippen LogP contribution in [-0.4, -0.2) is 24.6 Å². The maximum absolute atomic E-state index is 10.8. The summed E-state index contributed by atoms with van der Waals surface area (Å²) in [6.07, 6.45) is 8.85. The van der Waals surface area contributed by atoms with Crippen molar-refractivity contribution in [1.82, 2.24) is 0 Å². The van der Waals surface area contributed by atoms with Gasteiger partial charge in [-0.05, 0) is 5.92 Å². The Kier molecular flexibility index (Phi) is 9.38. The van der Waals surface area contributed by atoms with E-state index in [9.17, 15) is 4.79 Å². The van der Waals surface area contributed by atoms with E-state index >= 15 is 0 Å². The molecule has 0 rings (SSSR count). The van der Waals surface area contributed by atoms with Gasteiger partial charge >= 0.3 is 5.97 Å². The molecule has 0 N–H and O–H groups in total. The number of esters is 1. The van der Waals surface area contributed by atoms with Crippen molar-refractivity contribution in [3.63, 3.8) is 0 Å². The van der Waals surface area contributed by atoms with E-state index in [1.54, 1.807) is 11.8 Å². The summed E-state index contributed by atoms with van der Waals surface area (Å²) in [5, 5.41) is 0. The average molecular weight is 228 g/mol. The van der Waals surface area contributed by atoms with Crippen LogP contribution in [0.3, 0.4) is 0 Å². The van der Waals surface area contributed by atoms with Crippen LogP contribution < -0.4 is 0 Å². The molecule has 0 aliphatic carbocycles. The van der Waals surface area contributed by atoms with Crippen molar-refractivity contribution in [3.8, 4) is 0 Å². The predicted molar refractivity (Wildman–Crippen MR) is 67.1 cm³/mol. The van der Waals surface area contributed by atoms with Crippen LogP contribution in [0, 0.1) is 5.92 Å². The number of rotatable bonds is 7. The molecule has 2 nitrogen and oxygen atoms in total. The maximum Gasteiger partial charge on any atom is 0.306 e. The molecule has 86 valence electrons. The monoisotopic (exact) mass is 228 g/mol. The summed E-state index contributed by atoms with van der Waals surface area (Å²) in [6, 6.07) is 0. The number of carbonyl (C=O) groups is 1. The Bertz CT molecular complexity index is 220. The van der Waals surface area contributed by atoms with E-state index in [0.717, 1.165) is 11.5 Å². The molecule has 0 amide bonds. The molecule has 0 aliphatic rings. The number of carbonyl (C=O) groups excluding carboxylic acids is 1. The Labute approximate surface area is 96.8 Å². The van der Waals surface area contributed by atoms with Crippen LogP contribution >= 0.6 is 11.8 Å². The highest BCUT2D eigenvalue weighted by Crippen LogP contribution is 2.03. The number of allylic oxidation sites excluding steroid dienone is 3. The fourth-order valence-electron chi connectivity index (χ4n) is 0.829. The van der Waals surface area contributed by atoms with Gasteiger partial charge in [0.05, 0.1) is 13.5 Å². The predicted octanol–water partition coefficient (Wildman–Crippen LogP) is 3.05. The lowest BCUT2D eigenvalue weighted by Gasteiger charge is -1.96. The van der Waals surface area contributed by atoms with Crippen LogP contribution in [0.25, 0.3) is 0 Å². The first-order valence-corrected chi connectivity index (χ1v) is 6.30. The van der Waals surface area contributed by atoms with Crippen molar-refractivity contribution >= 4 is 17.7 Å². The van der Waals surface area contributed by atoms with E-state index in [1.807, 2.05) is 6.08 Å². The molecule has 0 unspecified atom stereocenters. The number of hydrogen-bond donors (Lipinski definition) is 0. The number of hydrogen-bond acceptors (Lipinski definition) is 3. The minimum Gasteiger partial charge on any atom is -0.469 e. The van der Waals surface area contributed by atoms with Crippen LogP contribution in [0.5, 0.6) is 0 Å². The van der Waals surface area contributed by atoms with Gasteiger partial charge in [-0.2, -0.15) is 11.8 Å². The molecular weight excluding hydrogens is 208 g/mol. The Hall–Kier alpha value is -0.700. The lowest BCUT2D eigenvalue weighted by molar-refractivity contribution is -0.140. The molecule has 0 heterocycles. The highest BCUT2D eigenvalue weighted by molar-refractivity contribution is 7.99. The highest BCUT2D eigenvalue weighted by Gasteiger charge is 1.97. The van der Waals surface area contributed by atoms with Crippen molar-refractivity contribution in [2.24, 2.45) is 5.92 Å². The summed E-state index contributed by atoms with van der Waals surface area (Å²) in [5.41, 5.74) is 0. The van der Waals surface area contributed by atoms with Gasteiger partial charge in [-0.15, -0.1) is 0 Å². The van der Waals surface area contributed by atoms with Crippen molar-refractivity contribution < 1.29 is 9.53 Å². The maximum atomic E-state index is 10.8. The fraction of sp³-hybridized carbons (Fsp3) is 0.583. The lowest BCUT2D eigenvalue weighted by atomic mass is 10.2. The summed E-state index contributed by atoms with van der Waals surface area (Å²) >= 11 is 1.73. The van der Waals surface area contributed by atoms with E-state index in [0.29, 0.717) is 12.3 Å². The van der Waals surface area contributed by atoms with Gasteiger partial charge < -0.3 is 4.74 Å². The Morgan fingerprint density at radius 1 is 1.40 bits per heavy atom. The van der Waals surface area contributed by atoms with Crippen LogP contribution in [0.1, 0.15) is 20.3 Å². The molecule has 15 heavy (non-hydrogen) atoms. The van der Waals surface area contributed by atoms with Gasteiger partial charge in [0.15, 0.2) is 0 Å². The fourth-order valence-corrected chi connectivity index (χ4v) is 1.55. The summed E-state index contributed by atoms with van der Waals surface area (Å²) < 4.78 is 4.54. The van der Waals surface area contributed by atoms with Gasteiger partial charge in [0, 0.05) is 11.5 Å². The third kappa shape index (κ3) is 11.2. The van der Waals surface area contributed by atoms with Crippen LogP contribution in [-0.2, 0) is 9.53 Å². The number of thioether (sulfide) groups is 1. The molecule has 0 spiro atoms. The van der Waals surface area contributed by atoms with Crippen LogP contribution in [0.2, 0.25) is 0 Å². The molecule has 0 bridgehead atoms. The quantitative estimate of drug-likeness (QED) is 0.380. The Balaban J connectivity index is 3.34. The smallest absolute Gasteiger partial charge is 0.306 e. The van der Waals surface area contributed by atoms with Crippen molar-refractivity contribution in [2.45, 2.75) is 20.3 Å². The topological polar surface area (TPSA) is 26.3 Å². The summed E-state index contributed by atoms with van der Waals surface area (Å²) in [7, 11) is 1.42. The highest BCUT2D eigenvalue weighted by atomic mass is 32.2. The Morgan fingerprint density at radius 2 is 2.13 bits per heavy atom. The first-order chi connectivity index (χ1) is 7.16. The van der Waals surface area contributed by atoms with E-state index in [4.69, 9.17) is 0 Å². The molecule has 0 aliphatic heterocycles. The third-order valence-corrected chi connectivity index (χ3v) is 2.56. The van der Waals surface area contributed by atoms with E-state index in [1.165, 1.54) is 7.11 Å². The average Bonchev–Trinajstić information content (AvgIpc) is 2.21. The lowest BCUT2D eigenvalue weighted by Crippen LogP contribution is -2.01. The van der Waals surface area contributed by atoms with E-state index in [2.05, 4.69) is 36.8 Å². The largest absolute Gasteiger partial charge is 0.469 e. The Morgan fingerprint density at radius 3 is 2.73 bits per heavy atom. The van der Waals surface area contributed by atoms with Gasteiger partial charge in [-0.1, -0.05) is 38.2 Å². The number of ether oxygens (including phenoxy) is 1. The van der Waals surface area contributed by atoms with Crippen LogP contribution in [0.4, 0.5) is 0 Å². The summed E-state index contributed by atoms with van der Waals surface area (Å²) in [5.74, 6) is 2.23. The molecular formula is C12H20O2S. The van der Waals surface area contributed by atoms with E-state index < -0.39 is 0 Å². The summed E-state index contributed by atoms with van der Waals surface area (Å²) in [6.45, 7) is 4.30. The molecule has 0 saturated carbocycles. The minimum absolute atomic E-state index is 0.133. The number of methoxy groups -OCH3 is 1. The van der Waals surface area contributed by atoms with Gasteiger partial charge in [-0.3, -0.25) is 4.79 Å². The molecule has 0 aromatic carbocycles. The molecule has 0 aromatic heterocycles. The first-order valence-electron chi connectivity index (χ1n) is 5.14.